The first kappa shape index (κ1) is 25.6. The highest BCUT2D eigenvalue weighted by Gasteiger charge is 2.26. The lowest BCUT2D eigenvalue weighted by atomic mass is 10.1. The Morgan fingerprint density at radius 2 is 1.81 bits per heavy atom. The second-order valence-electron chi connectivity index (χ2n) is 7.52. The van der Waals surface area contributed by atoms with Crippen molar-refractivity contribution in [2.24, 2.45) is 0 Å². The first-order chi connectivity index (χ1) is 14.8. The van der Waals surface area contributed by atoms with Crippen molar-refractivity contribution in [1.82, 2.24) is 10.2 Å². The van der Waals surface area contributed by atoms with Crippen molar-refractivity contribution in [2.45, 2.75) is 52.0 Å². The topological polar surface area (TPSA) is 49.4 Å². The molecule has 7 heteroatoms. The molecule has 0 aliphatic carbocycles. The molecule has 0 saturated heterocycles. The number of nitrogens with zero attached hydrogens (tertiary/aromatic N) is 1. The predicted octanol–water partition coefficient (Wildman–Crippen LogP) is 5.87. The number of carbonyl (C=O) groups is 2. The highest BCUT2D eigenvalue weighted by Crippen LogP contribution is 2.28. The van der Waals surface area contributed by atoms with Gasteiger partial charge in [-0.2, -0.15) is 0 Å². The molecule has 0 aromatic heterocycles. The van der Waals surface area contributed by atoms with E-state index in [0.29, 0.717) is 28.9 Å². The monoisotopic (exact) mass is 480 g/mol. The molecule has 2 rings (SSSR count). The van der Waals surface area contributed by atoms with E-state index >= 15 is 0 Å². The Balaban J connectivity index is 2.08. The van der Waals surface area contributed by atoms with E-state index in [-0.39, 0.29) is 17.6 Å². The van der Waals surface area contributed by atoms with Crippen LogP contribution in [0, 0.1) is 6.92 Å². The number of aryl methyl sites for hydroxylation is 1. The van der Waals surface area contributed by atoms with Crippen LogP contribution in [-0.2, 0) is 21.9 Å². The van der Waals surface area contributed by atoms with Gasteiger partial charge in [0.1, 0.15) is 6.04 Å². The third kappa shape index (κ3) is 8.06. The van der Waals surface area contributed by atoms with Crippen LogP contribution in [0.5, 0.6) is 0 Å². The normalized spacial score (nSPS) is 11.8. The van der Waals surface area contributed by atoms with E-state index in [1.807, 2.05) is 31.2 Å². The van der Waals surface area contributed by atoms with Crippen LogP contribution in [0.15, 0.2) is 42.5 Å². The molecule has 0 heterocycles. The Morgan fingerprint density at radius 1 is 1.13 bits per heavy atom. The highest BCUT2D eigenvalue weighted by molar-refractivity contribution is 7.99. The number of hydrogen-bond donors (Lipinski definition) is 1. The lowest BCUT2D eigenvalue weighted by molar-refractivity contribution is -0.138. The zero-order valence-corrected chi connectivity index (χ0v) is 20.6. The molecule has 2 amide bonds. The Morgan fingerprint density at radius 3 is 2.45 bits per heavy atom. The molecule has 0 fully saturated rings. The van der Waals surface area contributed by atoms with Crippen LogP contribution in [-0.4, -0.2) is 35.1 Å². The summed E-state index contributed by atoms with van der Waals surface area (Å²) >= 11 is 13.9. The van der Waals surface area contributed by atoms with Gasteiger partial charge >= 0.3 is 0 Å². The summed E-state index contributed by atoms with van der Waals surface area (Å²) in [4.78, 5) is 27.4. The Labute approximate surface area is 199 Å². The van der Waals surface area contributed by atoms with E-state index in [0.717, 1.165) is 29.5 Å². The average Bonchev–Trinajstić information content (AvgIpc) is 2.73. The molecule has 2 aromatic rings. The molecule has 168 valence electrons. The predicted molar refractivity (Wildman–Crippen MR) is 132 cm³/mol. The fourth-order valence-corrected chi connectivity index (χ4v) is 4.77. The van der Waals surface area contributed by atoms with Crippen LogP contribution in [0.3, 0.4) is 0 Å². The van der Waals surface area contributed by atoms with Crippen molar-refractivity contribution in [2.75, 3.05) is 12.3 Å². The molecule has 0 bridgehead atoms. The van der Waals surface area contributed by atoms with Gasteiger partial charge in [-0.05, 0) is 43.5 Å². The third-order valence-electron chi connectivity index (χ3n) is 4.97. The van der Waals surface area contributed by atoms with Gasteiger partial charge in [-0.1, -0.05) is 72.4 Å². The zero-order chi connectivity index (χ0) is 22.8. The average molecular weight is 481 g/mol. The Hall–Kier alpha value is -1.69. The number of hydrogen-bond acceptors (Lipinski definition) is 3. The van der Waals surface area contributed by atoms with Gasteiger partial charge < -0.3 is 10.2 Å². The summed E-state index contributed by atoms with van der Waals surface area (Å²) in [6.07, 6.45) is 1.92. The van der Waals surface area contributed by atoms with E-state index < -0.39 is 6.04 Å². The van der Waals surface area contributed by atoms with Crippen LogP contribution in [0.2, 0.25) is 10.0 Å². The molecule has 1 N–H and O–H groups in total. The Kier molecular flexibility index (Phi) is 10.7. The minimum Gasteiger partial charge on any atom is -0.354 e. The standard InChI is InChI=1S/C24H30Cl2N2O2S/c1-4-5-12-27-24(30)18(3)28(14-19-9-6-8-17(2)13-19)23(29)16-31-15-20-21(25)10-7-11-22(20)26/h6-11,13,18H,4-5,12,14-16H2,1-3H3,(H,27,30)/t18-/m0/s1. The Bertz CT molecular complexity index is 871. The summed E-state index contributed by atoms with van der Waals surface area (Å²) in [5.74, 6) is 0.543. The molecule has 1 atom stereocenters. The van der Waals surface area contributed by atoms with Crippen molar-refractivity contribution in [1.29, 1.82) is 0 Å². The maximum atomic E-state index is 13.1. The number of rotatable bonds is 11. The molecule has 4 nitrogen and oxygen atoms in total. The van der Waals surface area contributed by atoms with Gasteiger partial charge in [0.05, 0.1) is 5.75 Å². The van der Waals surface area contributed by atoms with Crippen LogP contribution >= 0.6 is 35.0 Å². The van der Waals surface area contributed by atoms with Gasteiger partial charge in [-0.15, -0.1) is 11.8 Å². The lowest BCUT2D eigenvalue weighted by Crippen LogP contribution is -2.48. The van der Waals surface area contributed by atoms with E-state index in [2.05, 4.69) is 12.2 Å². The molecule has 2 aromatic carbocycles. The zero-order valence-electron chi connectivity index (χ0n) is 18.3. The van der Waals surface area contributed by atoms with Crippen LogP contribution in [0.1, 0.15) is 43.4 Å². The second kappa shape index (κ2) is 13.0. The van der Waals surface area contributed by atoms with Crippen molar-refractivity contribution in [3.8, 4) is 0 Å². The fraction of sp³-hybridized carbons (Fsp3) is 0.417. The molecule has 0 unspecified atom stereocenters. The molecular weight excluding hydrogens is 451 g/mol. The maximum absolute atomic E-state index is 13.1. The number of thioether (sulfide) groups is 1. The summed E-state index contributed by atoms with van der Waals surface area (Å²) in [5.41, 5.74) is 2.94. The van der Waals surface area contributed by atoms with Crippen molar-refractivity contribution in [3.63, 3.8) is 0 Å². The van der Waals surface area contributed by atoms with Crippen LogP contribution in [0.25, 0.3) is 0 Å². The number of carbonyl (C=O) groups excluding carboxylic acids is 2. The quantitative estimate of drug-likeness (QED) is 0.409. The van der Waals surface area contributed by atoms with E-state index in [4.69, 9.17) is 23.2 Å². The van der Waals surface area contributed by atoms with Crippen LogP contribution < -0.4 is 5.32 Å². The SMILES string of the molecule is CCCCNC(=O)[C@H](C)N(Cc1cccc(C)c1)C(=O)CSCc1c(Cl)cccc1Cl. The molecule has 0 radical (unpaired) electrons. The highest BCUT2D eigenvalue weighted by atomic mass is 35.5. The van der Waals surface area contributed by atoms with Crippen molar-refractivity contribution >= 4 is 46.8 Å². The fourth-order valence-electron chi connectivity index (χ4n) is 3.12. The van der Waals surface area contributed by atoms with Gasteiger partial charge in [0.2, 0.25) is 11.8 Å². The number of benzene rings is 2. The van der Waals surface area contributed by atoms with Gasteiger partial charge in [0.15, 0.2) is 0 Å². The van der Waals surface area contributed by atoms with Gasteiger partial charge in [-0.25, -0.2) is 0 Å². The summed E-state index contributed by atoms with van der Waals surface area (Å²) in [6.45, 7) is 6.87. The van der Waals surface area contributed by atoms with E-state index in [9.17, 15) is 9.59 Å². The summed E-state index contributed by atoms with van der Waals surface area (Å²) in [6, 6.07) is 12.8. The minimum atomic E-state index is -0.561. The summed E-state index contributed by atoms with van der Waals surface area (Å²) in [7, 11) is 0. The number of unbranched alkanes of at least 4 members (excludes halogenated alkanes) is 1. The van der Waals surface area contributed by atoms with E-state index in [1.54, 1.807) is 30.0 Å². The largest absolute Gasteiger partial charge is 0.354 e. The first-order valence-electron chi connectivity index (χ1n) is 10.5. The lowest BCUT2D eigenvalue weighted by Gasteiger charge is -2.29. The van der Waals surface area contributed by atoms with Crippen LogP contribution in [0.4, 0.5) is 0 Å². The number of halogens is 2. The molecule has 0 spiro atoms. The molecule has 0 aliphatic heterocycles. The minimum absolute atomic E-state index is 0.0900. The first-order valence-corrected chi connectivity index (χ1v) is 12.4. The van der Waals surface area contributed by atoms with E-state index in [1.165, 1.54) is 11.8 Å². The van der Waals surface area contributed by atoms with Gasteiger partial charge in [-0.3, -0.25) is 9.59 Å². The van der Waals surface area contributed by atoms with Crippen molar-refractivity contribution < 1.29 is 9.59 Å². The molecular formula is C24H30Cl2N2O2S. The summed E-state index contributed by atoms with van der Waals surface area (Å²) < 4.78 is 0. The third-order valence-corrected chi connectivity index (χ3v) is 6.62. The van der Waals surface area contributed by atoms with Crippen molar-refractivity contribution in [3.05, 3.63) is 69.2 Å². The van der Waals surface area contributed by atoms with Gasteiger partial charge in [0.25, 0.3) is 0 Å². The number of nitrogens with one attached hydrogen (secondary N) is 1. The second-order valence-corrected chi connectivity index (χ2v) is 9.32. The maximum Gasteiger partial charge on any atom is 0.242 e. The molecule has 0 saturated carbocycles. The molecule has 0 aliphatic rings. The molecule has 31 heavy (non-hydrogen) atoms. The smallest absolute Gasteiger partial charge is 0.242 e. The van der Waals surface area contributed by atoms with Gasteiger partial charge in [0, 0.05) is 28.9 Å². The number of amides is 2. The summed E-state index contributed by atoms with van der Waals surface area (Å²) in [5, 5.41) is 4.12.